The van der Waals surface area contributed by atoms with Crippen LogP contribution in [0.1, 0.15) is 12.0 Å². The molecule has 0 saturated carbocycles. The summed E-state index contributed by atoms with van der Waals surface area (Å²) in [5.74, 6) is -0.352. The van der Waals surface area contributed by atoms with Crippen LogP contribution in [-0.4, -0.2) is 43.2 Å². The van der Waals surface area contributed by atoms with Crippen LogP contribution in [0.15, 0.2) is 96.0 Å². The molecule has 0 saturated heterocycles. The minimum atomic E-state index is -3.84. The zero-order valence-electron chi connectivity index (χ0n) is 19.6. The predicted molar refractivity (Wildman–Crippen MR) is 143 cm³/mol. The number of halogens is 1. The number of sulfonamides is 1. The van der Waals surface area contributed by atoms with Crippen molar-refractivity contribution in [1.82, 2.24) is 14.6 Å². The van der Waals surface area contributed by atoms with Crippen molar-refractivity contribution in [2.24, 2.45) is 0 Å². The van der Waals surface area contributed by atoms with Crippen LogP contribution in [0.2, 0.25) is 5.02 Å². The van der Waals surface area contributed by atoms with Crippen molar-refractivity contribution >= 4 is 44.1 Å². The molecule has 0 unspecified atom stereocenters. The van der Waals surface area contributed by atoms with Crippen LogP contribution < -0.4 is 10.6 Å². The summed E-state index contributed by atoms with van der Waals surface area (Å²) in [6.45, 7) is 0.866. The Morgan fingerprint density at radius 3 is 2.39 bits per heavy atom. The van der Waals surface area contributed by atoms with Gasteiger partial charge in [-0.1, -0.05) is 60.1 Å². The molecule has 9 heteroatoms. The Hall–Kier alpha value is -3.46. The van der Waals surface area contributed by atoms with Crippen molar-refractivity contribution < 1.29 is 13.2 Å². The van der Waals surface area contributed by atoms with E-state index in [2.05, 4.69) is 15.6 Å². The van der Waals surface area contributed by atoms with Gasteiger partial charge in [-0.05, 0) is 48.4 Å². The van der Waals surface area contributed by atoms with Crippen LogP contribution in [-0.2, 0) is 21.4 Å². The number of carbonyl (C=O) groups excluding carboxylic acids is 1. The highest BCUT2D eigenvalue weighted by atomic mass is 35.5. The first kappa shape index (κ1) is 25.6. The van der Waals surface area contributed by atoms with E-state index in [9.17, 15) is 13.2 Å². The molecule has 0 atom stereocenters. The highest BCUT2D eigenvalue weighted by molar-refractivity contribution is 7.89. The van der Waals surface area contributed by atoms with Crippen LogP contribution in [0, 0.1) is 0 Å². The second-order valence-electron chi connectivity index (χ2n) is 8.22. The highest BCUT2D eigenvalue weighted by Gasteiger charge is 2.26. The van der Waals surface area contributed by atoms with Gasteiger partial charge in [-0.25, -0.2) is 8.42 Å². The van der Waals surface area contributed by atoms with Crippen LogP contribution in [0.25, 0.3) is 10.9 Å². The van der Waals surface area contributed by atoms with Gasteiger partial charge in [0.05, 0.1) is 17.0 Å². The fourth-order valence-corrected chi connectivity index (χ4v) is 5.36. The summed E-state index contributed by atoms with van der Waals surface area (Å²) in [5, 5.41) is 7.79. The van der Waals surface area contributed by atoms with Gasteiger partial charge in [-0.3, -0.25) is 9.78 Å². The maximum atomic E-state index is 13.3. The number of amides is 1. The Bertz CT molecular complexity index is 1420. The molecule has 0 aliphatic heterocycles. The third kappa shape index (κ3) is 6.60. The van der Waals surface area contributed by atoms with Crippen LogP contribution in [0.3, 0.4) is 0 Å². The largest absolute Gasteiger partial charge is 0.384 e. The van der Waals surface area contributed by atoms with Crippen LogP contribution >= 0.6 is 11.6 Å². The molecule has 186 valence electrons. The van der Waals surface area contributed by atoms with Gasteiger partial charge < -0.3 is 10.6 Å². The third-order valence-corrected chi connectivity index (χ3v) is 7.64. The minimum Gasteiger partial charge on any atom is -0.384 e. The minimum absolute atomic E-state index is 0.103. The number of aromatic nitrogens is 1. The van der Waals surface area contributed by atoms with E-state index in [4.69, 9.17) is 11.6 Å². The summed E-state index contributed by atoms with van der Waals surface area (Å²) < 4.78 is 27.7. The second kappa shape index (κ2) is 12.0. The number of carbonyl (C=O) groups is 1. The number of nitrogens with zero attached hydrogens (tertiary/aromatic N) is 2. The lowest BCUT2D eigenvalue weighted by Gasteiger charge is -2.22. The molecule has 4 rings (SSSR count). The van der Waals surface area contributed by atoms with Crippen LogP contribution in [0.5, 0.6) is 0 Å². The second-order valence-corrected chi connectivity index (χ2v) is 10.6. The van der Waals surface area contributed by atoms with Crippen molar-refractivity contribution in [2.45, 2.75) is 17.9 Å². The summed E-state index contributed by atoms with van der Waals surface area (Å²) in [6.07, 6.45) is 2.38. The molecule has 0 bridgehead atoms. The molecule has 7 nitrogen and oxygen atoms in total. The van der Waals surface area contributed by atoms with Gasteiger partial charge in [-0.15, -0.1) is 0 Å². The Balaban J connectivity index is 1.33. The highest BCUT2D eigenvalue weighted by Crippen LogP contribution is 2.24. The summed E-state index contributed by atoms with van der Waals surface area (Å²) in [5.41, 5.74) is 2.55. The van der Waals surface area contributed by atoms with Crippen molar-refractivity contribution in [3.8, 4) is 0 Å². The van der Waals surface area contributed by atoms with Crippen molar-refractivity contribution in [3.63, 3.8) is 0 Å². The zero-order valence-corrected chi connectivity index (χ0v) is 21.2. The number of pyridine rings is 1. The molecule has 0 aliphatic rings. The standard InChI is InChI=1S/C27H27ClN4O3S/c28-22-12-13-24-25(14-17-30-26(24)18-22)29-15-7-16-31-27(33)20-32(19-21-8-3-1-4-9-21)36(34,35)23-10-5-2-6-11-23/h1-6,8-14,17-18H,7,15-16,19-20H2,(H,29,30)(H,31,33). The van der Waals surface area contributed by atoms with Gasteiger partial charge in [0.1, 0.15) is 0 Å². The van der Waals surface area contributed by atoms with Crippen molar-refractivity contribution in [2.75, 3.05) is 25.0 Å². The number of hydrogen-bond acceptors (Lipinski definition) is 5. The third-order valence-electron chi connectivity index (χ3n) is 5.60. The van der Waals surface area contributed by atoms with Gasteiger partial charge in [0, 0.05) is 41.9 Å². The van der Waals surface area contributed by atoms with E-state index >= 15 is 0 Å². The average Bonchev–Trinajstić information content (AvgIpc) is 2.89. The van der Waals surface area contributed by atoms with Gasteiger partial charge in [0.15, 0.2) is 0 Å². The van der Waals surface area contributed by atoms with Gasteiger partial charge in [0.25, 0.3) is 0 Å². The Kier molecular flexibility index (Phi) is 8.53. The smallest absolute Gasteiger partial charge is 0.243 e. The van der Waals surface area contributed by atoms with Gasteiger partial charge in [0.2, 0.25) is 15.9 Å². The molecule has 0 spiro atoms. The molecule has 1 aromatic heterocycles. The maximum Gasteiger partial charge on any atom is 0.243 e. The molecule has 4 aromatic rings. The number of rotatable bonds is 11. The molecular formula is C27H27ClN4O3S. The molecule has 0 fully saturated rings. The molecule has 2 N–H and O–H groups in total. The number of nitrogens with one attached hydrogen (secondary N) is 2. The van der Waals surface area contributed by atoms with Crippen molar-refractivity contribution in [1.29, 1.82) is 0 Å². The Labute approximate surface area is 216 Å². The lowest BCUT2D eigenvalue weighted by atomic mass is 10.2. The summed E-state index contributed by atoms with van der Waals surface area (Å²) in [6, 6.07) is 24.8. The lowest BCUT2D eigenvalue weighted by Crippen LogP contribution is -2.40. The summed E-state index contributed by atoms with van der Waals surface area (Å²) >= 11 is 6.05. The maximum absolute atomic E-state index is 13.3. The monoisotopic (exact) mass is 522 g/mol. The first-order valence-electron chi connectivity index (χ1n) is 11.6. The predicted octanol–water partition coefficient (Wildman–Crippen LogP) is 4.70. The number of hydrogen-bond donors (Lipinski definition) is 2. The zero-order chi connectivity index (χ0) is 25.4. The Morgan fingerprint density at radius 1 is 0.917 bits per heavy atom. The summed E-state index contributed by atoms with van der Waals surface area (Å²) in [4.78, 5) is 17.2. The molecule has 36 heavy (non-hydrogen) atoms. The quantitative estimate of drug-likeness (QED) is 0.279. The van der Waals surface area contributed by atoms with E-state index in [1.165, 1.54) is 16.4 Å². The van der Waals surface area contributed by atoms with E-state index < -0.39 is 10.0 Å². The van der Waals surface area contributed by atoms with Crippen LogP contribution in [0.4, 0.5) is 5.69 Å². The topological polar surface area (TPSA) is 91.4 Å². The van der Waals surface area contributed by atoms with Gasteiger partial charge in [-0.2, -0.15) is 4.31 Å². The molecular weight excluding hydrogens is 496 g/mol. The Morgan fingerprint density at radius 2 is 1.64 bits per heavy atom. The van der Waals surface area contributed by atoms with E-state index in [1.54, 1.807) is 24.4 Å². The molecule has 3 aromatic carbocycles. The van der Waals surface area contributed by atoms with E-state index in [1.807, 2.05) is 54.6 Å². The fourth-order valence-electron chi connectivity index (χ4n) is 3.79. The summed E-state index contributed by atoms with van der Waals surface area (Å²) in [7, 11) is -3.84. The normalized spacial score (nSPS) is 11.5. The molecule has 0 radical (unpaired) electrons. The number of fused-ring (bicyclic) bond motifs is 1. The lowest BCUT2D eigenvalue weighted by molar-refractivity contribution is -0.121. The fraction of sp³-hybridized carbons (Fsp3) is 0.185. The van der Waals surface area contributed by atoms with E-state index in [0.717, 1.165) is 22.2 Å². The number of benzene rings is 3. The van der Waals surface area contributed by atoms with E-state index in [-0.39, 0.29) is 23.9 Å². The molecule has 1 heterocycles. The first-order valence-corrected chi connectivity index (χ1v) is 13.4. The average molecular weight is 523 g/mol. The van der Waals surface area contributed by atoms with Gasteiger partial charge >= 0.3 is 0 Å². The van der Waals surface area contributed by atoms with E-state index in [0.29, 0.717) is 24.5 Å². The first-order chi connectivity index (χ1) is 17.4. The number of anilines is 1. The molecule has 1 amide bonds. The SMILES string of the molecule is O=C(CN(Cc1ccccc1)S(=O)(=O)c1ccccc1)NCCCNc1ccnc2cc(Cl)ccc12. The molecule has 0 aliphatic carbocycles. The van der Waals surface area contributed by atoms with Crippen molar-refractivity contribution in [3.05, 3.63) is 102 Å².